The van der Waals surface area contributed by atoms with E-state index in [-0.39, 0.29) is 24.0 Å². The van der Waals surface area contributed by atoms with Crippen LogP contribution in [0.2, 0.25) is 5.02 Å². The Morgan fingerprint density at radius 1 is 1.29 bits per heavy atom. The number of aryl methyl sites for hydroxylation is 1. The van der Waals surface area contributed by atoms with Crippen molar-refractivity contribution >= 4 is 52.9 Å². The molecule has 0 aliphatic rings. The highest BCUT2D eigenvalue weighted by molar-refractivity contribution is 14.0. The Morgan fingerprint density at radius 2 is 2.04 bits per heavy atom. The van der Waals surface area contributed by atoms with Gasteiger partial charge in [-0.2, -0.15) is 4.98 Å². The lowest BCUT2D eigenvalue weighted by molar-refractivity contribution is 0.379. The molecule has 0 bridgehead atoms. The van der Waals surface area contributed by atoms with Crippen molar-refractivity contribution in [2.75, 3.05) is 13.6 Å². The zero-order valence-electron chi connectivity index (χ0n) is 15.8. The van der Waals surface area contributed by atoms with E-state index in [0.29, 0.717) is 29.8 Å². The molecule has 150 valence electrons. The van der Waals surface area contributed by atoms with Gasteiger partial charge in [0.25, 0.3) is 0 Å². The molecule has 0 spiro atoms. The summed E-state index contributed by atoms with van der Waals surface area (Å²) in [5.41, 5.74) is 1.87. The fourth-order valence-corrected chi connectivity index (χ4v) is 3.18. The number of rotatable bonds is 6. The summed E-state index contributed by atoms with van der Waals surface area (Å²) < 4.78 is 5.32. The largest absolute Gasteiger partial charge is 0.357 e. The van der Waals surface area contributed by atoms with Crippen LogP contribution in [-0.2, 0) is 13.1 Å². The van der Waals surface area contributed by atoms with Gasteiger partial charge in [-0.15, -0.1) is 35.3 Å². The summed E-state index contributed by atoms with van der Waals surface area (Å²) in [6.45, 7) is 5.77. The minimum absolute atomic E-state index is 0. The number of hydrogen-bond donors (Lipinski definition) is 1. The second-order valence-electron chi connectivity index (χ2n) is 5.90. The van der Waals surface area contributed by atoms with E-state index in [1.165, 1.54) is 0 Å². The third-order valence-electron chi connectivity index (χ3n) is 3.70. The molecule has 0 saturated carbocycles. The molecule has 1 N–H and O–H groups in total. The molecule has 0 aliphatic carbocycles. The third-order valence-corrected chi connectivity index (χ3v) is 4.77. The first kappa shape index (κ1) is 22.6. The molecule has 0 saturated heterocycles. The van der Waals surface area contributed by atoms with Gasteiger partial charge in [0, 0.05) is 29.6 Å². The summed E-state index contributed by atoms with van der Waals surface area (Å²) in [6, 6.07) is 7.30. The number of hydrogen-bond acceptors (Lipinski definition) is 6. The maximum atomic E-state index is 5.91. The monoisotopic (exact) mass is 532 g/mol. The molecular formula is C18H22ClIN6OS. The van der Waals surface area contributed by atoms with Crippen LogP contribution in [0.1, 0.15) is 23.5 Å². The number of guanidine groups is 1. The van der Waals surface area contributed by atoms with Gasteiger partial charge in [-0.3, -0.25) is 0 Å². The van der Waals surface area contributed by atoms with Gasteiger partial charge in [0.15, 0.2) is 5.96 Å². The molecule has 7 nitrogen and oxygen atoms in total. The molecule has 3 rings (SSSR count). The van der Waals surface area contributed by atoms with E-state index < -0.39 is 0 Å². The Labute approximate surface area is 190 Å². The summed E-state index contributed by atoms with van der Waals surface area (Å²) in [5.74, 6) is 1.73. The van der Waals surface area contributed by atoms with Crippen LogP contribution in [0.4, 0.5) is 0 Å². The van der Waals surface area contributed by atoms with Crippen molar-refractivity contribution in [2.24, 2.45) is 4.99 Å². The van der Waals surface area contributed by atoms with Gasteiger partial charge in [-0.25, -0.2) is 9.98 Å². The standard InChI is InChI=1S/C18H21ClN6OS.HI/c1-4-20-18(25(3)10-15-11-27-12(2)22-15)21-9-16-23-17(24-26-16)13-5-7-14(19)8-6-13;/h5-8,11H,4,9-10H2,1-3H3,(H,20,21);1H. The summed E-state index contributed by atoms with van der Waals surface area (Å²) in [6.07, 6.45) is 0. The topological polar surface area (TPSA) is 79.4 Å². The van der Waals surface area contributed by atoms with Crippen LogP contribution in [0.3, 0.4) is 0 Å². The number of nitrogens with zero attached hydrogens (tertiary/aromatic N) is 5. The lowest BCUT2D eigenvalue weighted by Gasteiger charge is -2.20. The van der Waals surface area contributed by atoms with E-state index in [4.69, 9.17) is 16.1 Å². The SMILES string of the molecule is CCNC(=NCc1nc(-c2ccc(Cl)cc2)no1)N(C)Cc1csc(C)n1.I. The molecule has 0 radical (unpaired) electrons. The van der Waals surface area contributed by atoms with Crippen LogP contribution in [0, 0.1) is 6.92 Å². The molecule has 0 fully saturated rings. The zero-order valence-corrected chi connectivity index (χ0v) is 19.7. The first-order valence-corrected chi connectivity index (χ1v) is 9.80. The van der Waals surface area contributed by atoms with E-state index in [1.54, 1.807) is 23.5 Å². The summed E-state index contributed by atoms with van der Waals surface area (Å²) in [5, 5.41) is 11.1. The number of benzene rings is 1. The normalized spacial score (nSPS) is 11.2. The molecule has 0 atom stereocenters. The number of nitrogens with one attached hydrogen (secondary N) is 1. The third kappa shape index (κ3) is 6.14. The number of thiazole rings is 1. The first-order chi connectivity index (χ1) is 13.0. The minimum atomic E-state index is 0. The van der Waals surface area contributed by atoms with E-state index >= 15 is 0 Å². The Balaban J connectivity index is 0.00000280. The average molecular weight is 533 g/mol. The average Bonchev–Trinajstić information content (AvgIpc) is 3.28. The summed E-state index contributed by atoms with van der Waals surface area (Å²) in [7, 11) is 1.98. The Morgan fingerprint density at radius 3 is 2.68 bits per heavy atom. The molecule has 2 heterocycles. The quantitative estimate of drug-likeness (QED) is 0.289. The fourth-order valence-electron chi connectivity index (χ4n) is 2.45. The van der Waals surface area contributed by atoms with Crippen LogP contribution >= 0.6 is 46.9 Å². The van der Waals surface area contributed by atoms with Gasteiger partial charge in [-0.05, 0) is 38.1 Å². The van der Waals surface area contributed by atoms with E-state index in [1.807, 2.05) is 37.9 Å². The Kier molecular flexibility index (Phi) is 8.64. The molecule has 3 aromatic rings. The predicted molar refractivity (Wildman–Crippen MR) is 123 cm³/mol. The Bertz CT molecular complexity index is 911. The molecule has 0 amide bonds. The highest BCUT2D eigenvalue weighted by atomic mass is 127. The number of halogens is 2. The lowest BCUT2D eigenvalue weighted by atomic mass is 10.2. The van der Waals surface area contributed by atoms with Crippen LogP contribution < -0.4 is 5.32 Å². The van der Waals surface area contributed by atoms with Crippen molar-refractivity contribution in [3.8, 4) is 11.4 Å². The lowest BCUT2D eigenvalue weighted by Crippen LogP contribution is -2.38. The van der Waals surface area contributed by atoms with Gasteiger partial charge >= 0.3 is 0 Å². The van der Waals surface area contributed by atoms with Gasteiger partial charge in [0.2, 0.25) is 11.7 Å². The Hall–Kier alpha value is -1.72. The van der Waals surface area contributed by atoms with Crippen molar-refractivity contribution in [3.05, 3.63) is 51.3 Å². The second-order valence-corrected chi connectivity index (χ2v) is 7.40. The molecule has 0 aliphatic heterocycles. The smallest absolute Gasteiger partial charge is 0.248 e. The van der Waals surface area contributed by atoms with Crippen LogP contribution in [0.5, 0.6) is 0 Å². The fraction of sp³-hybridized carbons (Fsp3) is 0.333. The molecule has 28 heavy (non-hydrogen) atoms. The van der Waals surface area contributed by atoms with Gasteiger partial charge in [-0.1, -0.05) is 16.8 Å². The predicted octanol–water partition coefficient (Wildman–Crippen LogP) is 4.37. The van der Waals surface area contributed by atoms with Crippen molar-refractivity contribution in [2.45, 2.75) is 26.9 Å². The van der Waals surface area contributed by atoms with Crippen LogP contribution in [0.15, 0.2) is 39.2 Å². The highest BCUT2D eigenvalue weighted by Crippen LogP contribution is 2.19. The minimum Gasteiger partial charge on any atom is -0.357 e. The number of aliphatic imine (C=N–C) groups is 1. The second kappa shape index (κ2) is 10.7. The molecule has 2 aromatic heterocycles. The maximum Gasteiger partial charge on any atom is 0.248 e. The van der Waals surface area contributed by atoms with E-state index in [0.717, 1.165) is 28.8 Å². The zero-order chi connectivity index (χ0) is 19.2. The van der Waals surface area contributed by atoms with Crippen molar-refractivity contribution in [1.29, 1.82) is 0 Å². The summed E-state index contributed by atoms with van der Waals surface area (Å²) in [4.78, 5) is 15.5. The van der Waals surface area contributed by atoms with Crippen molar-refractivity contribution in [3.63, 3.8) is 0 Å². The van der Waals surface area contributed by atoms with Gasteiger partial charge in [0.05, 0.1) is 17.2 Å². The highest BCUT2D eigenvalue weighted by Gasteiger charge is 2.11. The van der Waals surface area contributed by atoms with E-state index in [9.17, 15) is 0 Å². The van der Waals surface area contributed by atoms with Crippen LogP contribution in [-0.4, -0.2) is 39.6 Å². The maximum absolute atomic E-state index is 5.91. The first-order valence-electron chi connectivity index (χ1n) is 8.54. The van der Waals surface area contributed by atoms with Gasteiger partial charge in [0.1, 0.15) is 6.54 Å². The van der Waals surface area contributed by atoms with Gasteiger partial charge < -0.3 is 14.7 Å². The van der Waals surface area contributed by atoms with Crippen molar-refractivity contribution in [1.82, 2.24) is 25.3 Å². The van der Waals surface area contributed by atoms with E-state index in [2.05, 4.69) is 30.8 Å². The molecular weight excluding hydrogens is 511 g/mol. The van der Waals surface area contributed by atoms with Crippen LogP contribution in [0.25, 0.3) is 11.4 Å². The molecule has 0 unspecified atom stereocenters. The molecule has 1 aromatic carbocycles. The number of aromatic nitrogens is 3. The summed E-state index contributed by atoms with van der Waals surface area (Å²) >= 11 is 7.55. The molecule has 10 heteroatoms. The van der Waals surface area contributed by atoms with Crippen molar-refractivity contribution < 1.29 is 4.52 Å².